The minimum absolute atomic E-state index is 0.108. The van der Waals surface area contributed by atoms with Crippen LogP contribution in [0, 0.1) is 6.92 Å². The quantitative estimate of drug-likeness (QED) is 0.684. The Morgan fingerprint density at radius 3 is 2.84 bits per heavy atom. The van der Waals surface area contributed by atoms with Crippen molar-refractivity contribution in [1.82, 2.24) is 15.1 Å². The molecular weight excluding hydrogens is 324 g/mol. The van der Waals surface area contributed by atoms with Crippen molar-refractivity contribution in [2.45, 2.75) is 13.5 Å². The molecule has 0 amide bonds. The van der Waals surface area contributed by atoms with E-state index < -0.39 is 5.97 Å². The van der Waals surface area contributed by atoms with Crippen LogP contribution < -0.4 is 10.1 Å². The van der Waals surface area contributed by atoms with Crippen molar-refractivity contribution in [3.05, 3.63) is 59.9 Å². The van der Waals surface area contributed by atoms with Crippen LogP contribution in [0.15, 0.2) is 47.1 Å². The Morgan fingerprint density at radius 2 is 2.08 bits per heavy atom. The standard InChI is InChI=1S/C17H16N4O4/c1-11-19-15(25-21-11)10-24-17(22)12-6-5-9-18-16(12)20-13-7-3-4-8-14(13)23-2/h3-9H,10H2,1-2H3,(H,18,20). The van der Waals surface area contributed by atoms with Gasteiger partial charge in [0.25, 0.3) is 5.89 Å². The third-order valence-corrected chi connectivity index (χ3v) is 3.28. The number of aromatic nitrogens is 3. The van der Waals surface area contributed by atoms with Gasteiger partial charge in [0, 0.05) is 6.20 Å². The Balaban J connectivity index is 1.77. The van der Waals surface area contributed by atoms with Crippen LogP contribution in [-0.2, 0) is 11.3 Å². The van der Waals surface area contributed by atoms with Crippen LogP contribution in [0.25, 0.3) is 0 Å². The fourth-order valence-electron chi connectivity index (χ4n) is 2.15. The second kappa shape index (κ2) is 7.43. The minimum Gasteiger partial charge on any atom is -0.495 e. The number of pyridine rings is 1. The molecule has 0 spiro atoms. The molecule has 1 N–H and O–H groups in total. The first kappa shape index (κ1) is 16.4. The number of anilines is 2. The van der Waals surface area contributed by atoms with E-state index in [1.165, 1.54) is 0 Å². The van der Waals surface area contributed by atoms with Crippen LogP contribution in [-0.4, -0.2) is 28.2 Å². The largest absolute Gasteiger partial charge is 0.495 e. The Morgan fingerprint density at radius 1 is 1.24 bits per heavy atom. The lowest BCUT2D eigenvalue weighted by molar-refractivity contribution is 0.0430. The number of carbonyl (C=O) groups excluding carboxylic acids is 1. The molecule has 1 aromatic carbocycles. The Kier molecular flexibility index (Phi) is 4.89. The van der Waals surface area contributed by atoms with Crippen LogP contribution >= 0.6 is 0 Å². The summed E-state index contributed by atoms with van der Waals surface area (Å²) in [6.07, 6.45) is 1.58. The highest BCUT2D eigenvalue weighted by Crippen LogP contribution is 2.27. The molecule has 8 nitrogen and oxygen atoms in total. The molecule has 0 saturated heterocycles. The predicted molar refractivity (Wildman–Crippen MR) is 88.7 cm³/mol. The monoisotopic (exact) mass is 340 g/mol. The molecule has 0 radical (unpaired) electrons. The average molecular weight is 340 g/mol. The van der Waals surface area contributed by atoms with Crippen LogP contribution in [0.3, 0.4) is 0 Å². The van der Waals surface area contributed by atoms with Gasteiger partial charge in [-0.05, 0) is 31.2 Å². The number of rotatable bonds is 6. The van der Waals surface area contributed by atoms with Crippen molar-refractivity contribution in [1.29, 1.82) is 0 Å². The summed E-state index contributed by atoms with van der Waals surface area (Å²) in [4.78, 5) is 20.6. The van der Waals surface area contributed by atoms with Crippen LogP contribution in [0.2, 0.25) is 0 Å². The molecule has 3 aromatic rings. The van der Waals surface area contributed by atoms with Crippen molar-refractivity contribution in [3.63, 3.8) is 0 Å². The molecule has 2 heterocycles. The maximum Gasteiger partial charge on any atom is 0.342 e. The first-order valence-corrected chi connectivity index (χ1v) is 7.48. The highest BCUT2D eigenvalue weighted by Gasteiger charge is 2.16. The van der Waals surface area contributed by atoms with E-state index in [1.807, 2.05) is 18.2 Å². The molecule has 8 heteroatoms. The Hall–Kier alpha value is -3.42. The van der Waals surface area contributed by atoms with Gasteiger partial charge in [0.2, 0.25) is 0 Å². The summed E-state index contributed by atoms with van der Waals surface area (Å²) in [5.41, 5.74) is 0.968. The minimum atomic E-state index is -0.554. The van der Waals surface area contributed by atoms with Gasteiger partial charge in [0.15, 0.2) is 12.4 Å². The molecule has 0 saturated carbocycles. The van der Waals surface area contributed by atoms with E-state index in [1.54, 1.807) is 38.4 Å². The van der Waals surface area contributed by atoms with Crippen molar-refractivity contribution >= 4 is 17.5 Å². The van der Waals surface area contributed by atoms with E-state index in [0.717, 1.165) is 0 Å². The van der Waals surface area contributed by atoms with E-state index in [4.69, 9.17) is 14.0 Å². The summed E-state index contributed by atoms with van der Waals surface area (Å²) in [7, 11) is 1.57. The van der Waals surface area contributed by atoms with Crippen molar-refractivity contribution in [2.75, 3.05) is 12.4 Å². The number of ether oxygens (including phenoxy) is 2. The second-order valence-corrected chi connectivity index (χ2v) is 5.04. The van der Waals surface area contributed by atoms with E-state index in [0.29, 0.717) is 23.1 Å². The predicted octanol–water partition coefficient (Wildman–Crippen LogP) is 2.88. The molecule has 0 fully saturated rings. The molecule has 2 aromatic heterocycles. The van der Waals surface area contributed by atoms with Crippen molar-refractivity contribution in [2.24, 2.45) is 0 Å². The molecule has 0 aliphatic rings. The van der Waals surface area contributed by atoms with Gasteiger partial charge in [-0.2, -0.15) is 4.98 Å². The molecule has 3 rings (SSSR count). The van der Waals surface area contributed by atoms with E-state index in [9.17, 15) is 4.79 Å². The summed E-state index contributed by atoms with van der Waals surface area (Å²) in [5, 5.41) is 6.73. The maximum atomic E-state index is 12.4. The average Bonchev–Trinajstić information content (AvgIpc) is 3.06. The first-order valence-electron chi connectivity index (χ1n) is 7.48. The summed E-state index contributed by atoms with van der Waals surface area (Å²) < 4.78 is 15.4. The number of methoxy groups -OCH3 is 1. The number of para-hydroxylation sites is 2. The molecule has 0 bridgehead atoms. The molecule has 0 atom stereocenters. The van der Waals surface area contributed by atoms with E-state index in [-0.39, 0.29) is 18.1 Å². The van der Waals surface area contributed by atoms with E-state index >= 15 is 0 Å². The number of hydrogen-bond acceptors (Lipinski definition) is 8. The SMILES string of the molecule is COc1ccccc1Nc1ncccc1C(=O)OCc1nc(C)no1. The first-order chi connectivity index (χ1) is 12.2. The van der Waals surface area contributed by atoms with E-state index in [2.05, 4.69) is 20.4 Å². The highest BCUT2D eigenvalue weighted by atomic mass is 16.6. The smallest absolute Gasteiger partial charge is 0.342 e. The van der Waals surface area contributed by atoms with Crippen molar-refractivity contribution < 1.29 is 18.8 Å². The highest BCUT2D eigenvalue weighted by molar-refractivity contribution is 5.95. The molecule has 128 valence electrons. The van der Waals surface area contributed by atoms with Gasteiger partial charge in [-0.3, -0.25) is 0 Å². The van der Waals surface area contributed by atoms with Crippen LogP contribution in [0.1, 0.15) is 22.1 Å². The number of aryl methyl sites for hydroxylation is 1. The molecule has 25 heavy (non-hydrogen) atoms. The third kappa shape index (κ3) is 3.92. The molecular formula is C17H16N4O4. The lowest BCUT2D eigenvalue weighted by Crippen LogP contribution is -2.10. The Labute approximate surface area is 143 Å². The fraction of sp³-hybridized carbons (Fsp3) is 0.176. The molecule has 0 aliphatic heterocycles. The summed E-state index contributed by atoms with van der Waals surface area (Å²) in [5.74, 6) is 1.15. The molecule has 0 unspecified atom stereocenters. The topological polar surface area (TPSA) is 99.4 Å². The van der Waals surface area contributed by atoms with Gasteiger partial charge in [0.1, 0.15) is 17.1 Å². The van der Waals surface area contributed by atoms with Gasteiger partial charge in [-0.1, -0.05) is 17.3 Å². The lowest BCUT2D eigenvalue weighted by atomic mass is 10.2. The second-order valence-electron chi connectivity index (χ2n) is 5.04. The fourth-order valence-corrected chi connectivity index (χ4v) is 2.15. The van der Waals surface area contributed by atoms with Crippen LogP contribution in [0.4, 0.5) is 11.5 Å². The third-order valence-electron chi connectivity index (χ3n) is 3.28. The zero-order valence-corrected chi connectivity index (χ0v) is 13.7. The number of nitrogens with zero attached hydrogens (tertiary/aromatic N) is 3. The van der Waals surface area contributed by atoms with Gasteiger partial charge in [-0.25, -0.2) is 9.78 Å². The van der Waals surface area contributed by atoms with Crippen molar-refractivity contribution in [3.8, 4) is 5.75 Å². The number of hydrogen-bond donors (Lipinski definition) is 1. The van der Waals surface area contributed by atoms with Crippen LogP contribution in [0.5, 0.6) is 5.75 Å². The number of nitrogens with one attached hydrogen (secondary N) is 1. The summed E-state index contributed by atoms with van der Waals surface area (Å²) in [6, 6.07) is 10.6. The van der Waals surface area contributed by atoms with Gasteiger partial charge < -0.3 is 19.3 Å². The van der Waals surface area contributed by atoms with Gasteiger partial charge >= 0.3 is 5.97 Å². The maximum absolute atomic E-state index is 12.4. The Bertz CT molecular complexity index is 878. The number of carbonyl (C=O) groups is 1. The lowest BCUT2D eigenvalue weighted by Gasteiger charge is -2.12. The number of benzene rings is 1. The van der Waals surface area contributed by atoms with Gasteiger partial charge in [0.05, 0.1) is 12.8 Å². The summed E-state index contributed by atoms with van der Waals surface area (Å²) in [6.45, 7) is 1.58. The zero-order chi connectivity index (χ0) is 17.6. The van der Waals surface area contributed by atoms with Gasteiger partial charge in [-0.15, -0.1) is 0 Å². The number of esters is 1. The zero-order valence-electron chi connectivity index (χ0n) is 13.7. The summed E-state index contributed by atoms with van der Waals surface area (Å²) >= 11 is 0. The molecule has 0 aliphatic carbocycles. The normalized spacial score (nSPS) is 10.3.